The molecular formula is C9H10INO2. The van der Waals surface area contributed by atoms with Crippen LogP contribution < -0.4 is 5.73 Å². The number of benzene rings is 1. The number of aryl methyl sites for hydroxylation is 1. The minimum atomic E-state index is -0.302. The van der Waals surface area contributed by atoms with Gasteiger partial charge in [-0.1, -0.05) is 6.07 Å². The third-order valence-electron chi connectivity index (χ3n) is 1.68. The molecule has 3 N–H and O–H groups in total. The number of phenolic OH excluding ortho intramolecular Hbond substituents is 1. The van der Waals surface area contributed by atoms with Gasteiger partial charge in [-0.05, 0) is 46.7 Å². The molecule has 0 fully saturated rings. The molecule has 1 rings (SSSR count). The van der Waals surface area contributed by atoms with Gasteiger partial charge in [0, 0.05) is 9.99 Å². The fourth-order valence-electron chi connectivity index (χ4n) is 0.997. The van der Waals surface area contributed by atoms with Gasteiger partial charge >= 0.3 is 0 Å². The molecule has 1 aromatic rings. The molecular weight excluding hydrogens is 281 g/mol. The molecule has 0 unspecified atom stereocenters. The van der Waals surface area contributed by atoms with Crippen molar-refractivity contribution in [1.29, 1.82) is 0 Å². The van der Waals surface area contributed by atoms with Gasteiger partial charge in [0.2, 0.25) is 5.91 Å². The number of phenols is 1. The quantitative estimate of drug-likeness (QED) is 0.827. The molecule has 0 aliphatic heterocycles. The van der Waals surface area contributed by atoms with Crippen LogP contribution in [0, 0.1) is 3.57 Å². The maximum Gasteiger partial charge on any atom is 0.217 e. The number of hydrogen-bond donors (Lipinski definition) is 2. The monoisotopic (exact) mass is 291 g/mol. The topological polar surface area (TPSA) is 63.3 Å². The molecule has 0 bridgehead atoms. The molecule has 3 nitrogen and oxygen atoms in total. The summed E-state index contributed by atoms with van der Waals surface area (Å²) >= 11 is 2.12. The second kappa shape index (κ2) is 4.45. The van der Waals surface area contributed by atoms with E-state index in [1.54, 1.807) is 18.2 Å². The van der Waals surface area contributed by atoms with E-state index in [0.29, 0.717) is 12.8 Å². The first-order valence-corrected chi connectivity index (χ1v) is 4.93. The van der Waals surface area contributed by atoms with Crippen molar-refractivity contribution in [3.8, 4) is 5.75 Å². The second-order valence-corrected chi connectivity index (χ2v) is 3.90. The number of halogens is 1. The highest BCUT2D eigenvalue weighted by Gasteiger charge is 2.02. The molecule has 4 heteroatoms. The van der Waals surface area contributed by atoms with Gasteiger partial charge in [0.1, 0.15) is 5.75 Å². The molecule has 0 spiro atoms. The zero-order valence-corrected chi connectivity index (χ0v) is 9.11. The number of aromatic hydroxyl groups is 1. The minimum absolute atomic E-state index is 0.243. The molecule has 1 aromatic carbocycles. The Morgan fingerprint density at radius 1 is 1.54 bits per heavy atom. The van der Waals surface area contributed by atoms with E-state index in [-0.39, 0.29) is 11.7 Å². The summed E-state index contributed by atoms with van der Waals surface area (Å²) in [6.07, 6.45) is 0.981. The number of carbonyl (C=O) groups excluding carboxylic acids is 1. The predicted octanol–water partition coefficient (Wildman–Crippen LogP) is 1.41. The Labute approximate surface area is 90.1 Å². The van der Waals surface area contributed by atoms with Crippen molar-refractivity contribution in [2.45, 2.75) is 12.8 Å². The standard InChI is InChI=1S/C9H10INO2/c10-8-5-7(12)3-1-6(8)2-4-9(11)13/h1,3,5,12H,2,4H2,(H2,11,13). The largest absolute Gasteiger partial charge is 0.508 e. The SMILES string of the molecule is NC(=O)CCc1ccc(O)cc1I. The Kier molecular flexibility index (Phi) is 3.53. The van der Waals surface area contributed by atoms with Crippen molar-refractivity contribution in [1.82, 2.24) is 0 Å². The Bertz CT molecular complexity index is 325. The molecule has 0 aromatic heterocycles. The summed E-state index contributed by atoms with van der Waals surface area (Å²) in [6, 6.07) is 5.08. The molecule has 0 saturated carbocycles. The summed E-state index contributed by atoms with van der Waals surface area (Å²) in [5.41, 5.74) is 6.07. The first-order chi connectivity index (χ1) is 6.09. The molecule has 0 aliphatic carbocycles. The average molecular weight is 291 g/mol. The summed E-state index contributed by atoms with van der Waals surface area (Å²) in [6.45, 7) is 0. The van der Waals surface area contributed by atoms with E-state index in [9.17, 15) is 4.79 Å². The van der Waals surface area contributed by atoms with Crippen molar-refractivity contribution in [2.75, 3.05) is 0 Å². The normalized spacial score (nSPS) is 9.92. The second-order valence-electron chi connectivity index (χ2n) is 2.74. The van der Waals surface area contributed by atoms with Crippen LogP contribution in [0.2, 0.25) is 0 Å². The van der Waals surface area contributed by atoms with E-state index in [4.69, 9.17) is 10.8 Å². The van der Waals surface area contributed by atoms with Crippen LogP contribution in [0.15, 0.2) is 18.2 Å². The molecule has 70 valence electrons. The molecule has 0 aliphatic rings. The Hall–Kier alpha value is -0.780. The van der Waals surface area contributed by atoms with Crippen LogP contribution >= 0.6 is 22.6 Å². The molecule has 13 heavy (non-hydrogen) atoms. The van der Waals surface area contributed by atoms with Gasteiger partial charge in [-0.2, -0.15) is 0 Å². The van der Waals surface area contributed by atoms with Gasteiger partial charge in [0.05, 0.1) is 0 Å². The fraction of sp³-hybridized carbons (Fsp3) is 0.222. The Morgan fingerprint density at radius 2 is 2.23 bits per heavy atom. The summed E-state index contributed by atoms with van der Waals surface area (Å²) in [7, 11) is 0. The van der Waals surface area contributed by atoms with E-state index in [2.05, 4.69) is 22.6 Å². The number of rotatable bonds is 3. The van der Waals surface area contributed by atoms with Gasteiger partial charge < -0.3 is 10.8 Å². The van der Waals surface area contributed by atoms with Gasteiger partial charge in [0.25, 0.3) is 0 Å². The van der Waals surface area contributed by atoms with Gasteiger partial charge in [-0.15, -0.1) is 0 Å². The van der Waals surface area contributed by atoms with Crippen LogP contribution in [0.5, 0.6) is 5.75 Å². The third kappa shape index (κ3) is 3.22. The average Bonchev–Trinajstić information content (AvgIpc) is 2.02. The Balaban J connectivity index is 2.72. The van der Waals surface area contributed by atoms with Crippen molar-refractivity contribution in [3.05, 3.63) is 27.3 Å². The third-order valence-corrected chi connectivity index (χ3v) is 2.68. The van der Waals surface area contributed by atoms with Gasteiger partial charge in [0.15, 0.2) is 0 Å². The lowest BCUT2D eigenvalue weighted by molar-refractivity contribution is -0.117. The maximum absolute atomic E-state index is 10.5. The van der Waals surface area contributed by atoms with E-state index in [0.717, 1.165) is 9.13 Å². The minimum Gasteiger partial charge on any atom is -0.508 e. The number of hydrogen-bond acceptors (Lipinski definition) is 2. The van der Waals surface area contributed by atoms with E-state index in [1.807, 2.05) is 0 Å². The zero-order chi connectivity index (χ0) is 9.84. The van der Waals surface area contributed by atoms with Crippen molar-refractivity contribution in [3.63, 3.8) is 0 Å². The maximum atomic E-state index is 10.5. The molecule has 0 saturated heterocycles. The summed E-state index contributed by atoms with van der Waals surface area (Å²) in [5.74, 6) is -0.0592. The highest BCUT2D eigenvalue weighted by molar-refractivity contribution is 14.1. The van der Waals surface area contributed by atoms with E-state index < -0.39 is 0 Å². The van der Waals surface area contributed by atoms with Crippen LogP contribution in [0.3, 0.4) is 0 Å². The number of carbonyl (C=O) groups is 1. The molecule has 0 atom stereocenters. The van der Waals surface area contributed by atoms with Gasteiger partial charge in [-0.3, -0.25) is 4.79 Å². The zero-order valence-electron chi connectivity index (χ0n) is 6.96. The first kappa shape index (κ1) is 10.3. The fourth-order valence-corrected chi connectivity index (χ4v) is 1.77. The van der Waals surface area contributed by atoms with Gasteiger partial charge in [-0.25, -0.2) is 0 Å². The lowest BCUT2D eigenvalue weighted by atomic mass is 10.1. The number of amides is 1. The van der Waals surface area contributed by atoms with Crippen LogP contribution in [-0.4, -0.2) is 11.0 Å². The van der Waals surface area contributed by atoms with Crippen LogP contribution in [0.4, 0.5) is 0 Å². The highest BCUT2D eigenvalue weighted by Crippen LogP contribution is 2.19. The predicted molar refractivity (Wildman–Crippen MR) is 58.3 cm³/mol. The summed E-state index contributed by atoms with van der Waals surface area (Å²) < 4.78 is 0.957. The van der Waals surface area contributed by atoms with Crippen molar-refractivity contribution < 1.29 is 9.90 Å². The Morgan fingerprint density at radius 3 is 2.77 bits per heavy atom. The summed E-state index contributed by atoms with van der Waals surface area (Å²) in [5, 5.41) is 9.12. The molecule has 0 radical (unpaired) electrons. The number of nitrogens with two attached hydrogens (primary N) is 1. The van der Waals surface area contributed by atoms with E-state index >= 15 is 0 Å². The highest BCUT2D eigenvalue weighted by atomic mass is 127. The lowest BCUT2D eigenvalue weighted by Gasteiger charge is -2.02. The smallest absolute Gasteiger partial charge is 0.217 e. The van der Waals surface area contributed by atoms with Crippen LogP contribution in [-0.2, 0) is 11.2 Å². The van der Waals surface area contributed by atoms with Crippen molar-refractivity contribution in [2.24, 2.45) is 5.73 Å². The first-order valence-electron chi connectivity index (χ1n) is 3.85. The van der Waals surface area contributed by atoms with Crippen molar-refractivity contribution >= 4 is 28.5 Å². The summed E-state index contributed by atoms with van der Waals surface area (Å²) in [4.78, 5) is 10.5. The molecule has 1 amide bonds. The van der Waals surface area contributed by atoms with Crippen LogP contribution in [0.25, 0.3) is 0 Å². The number of primary amides is 1. The lowest BCUT2D eigenvalue weighted by Crippen LogP contribution is -2.11. The van der Waals surface area contributed by atoms with Crippen LogP contribution in [0.1, 0.15) is 12.0 Å². The molecule has 0 heterocycles. The van der Waals surface area contributed by atoms with E-state index in [1.165, 1.54) is 0 Å².